The zero-order valence-electron chi connectivity index (χ0n) is 20.6. The molecule has 2 amide bonds. The Hall–Kier alpha value is -4.34. The van der Waals surface area contributed by atoms with Gasteiger partial charge in [0.05, 0.1) is 42.0 Å². The van der Waals surface area contributed by atoms with Gasteiger partial charge in [0.2, 0.25) is 5.91 Å². The van der Waals surface area contributed by atoms with E-state index in [0.717, 1.165) is 12.1 Å². The lowest BCUT2D eigenvalue weighted by Gasteiger charge is -2.46. The number of nitrogens with zero attached hydrogens (tertiary/aromatic N) is 2. The lowest BCUT2D eigenvalue weighted by atomic mass is 9.94. The molecule has 9 nitrogen and oxygen atoms in total. The van der Waals surface area contributed by atoms with Crippen LogP contribution in [0.25, 0.3) is 11.3 Å². The Bertz CT molecular complexity index is 1370. The number of aromatic amines is 1. The lowest BCUT2D eigenvalue weighted by Crippen LogP contribution is -2.59. The molecule has 1 saturated heterocycles. The van der Waals surface area contributed by atoms with Gasteiger partial charge in [-0.1, -0.05) is 12.6 Å². The molecule has 0 radical (unpaired) electrons. The van der Waals surface area contributed by atoms with Crippen LogP contribution in [0.15, 0.2) is 49.3 Å². The van der Waals surface area contributed by atoms with E-state index < -0.39 is 5.82 Å². The van der Waals surface area contributed by atoms with Gasteiger partial charge in [0, 0.05) is 36.5 Å². The molecule has 10 heteroatoms. The molecule has 4 heterocycles. The first-order chi connectivity index (χ1) is 17.9. The van der Waals surface area contributed by atoms with E-state index in [1.807, 2.05) is 6.92 Å². The van der Waals surface area contributed by atoms with Crippen molar-refractivity contribution in [1.82, 2.24) is 20.2 Å². The Labute approximate surface area is 213 Å². The fraction of sp³-hybridized carbons (Fsp3) is 0.296. The molecule has 3 aromatic rings. The zero-order valence-corrected chi connectivity index (χ0v) is 20.6. The number of rotatable bonds is 8. The largest absolute Gasteiger partial charge is 0.492 e. The molecule has 1 aromatic carbocycles. The van der Waals surface area contributed by atoms with Crippen LogP contribution in [-0.2, 0) is 11.2 Å². The summed E-state index contributed by atoms with van der Waals surface area (Å²) in [5, 5.41) is 6.09. The second-order valence-corrected chi connectivity index (χ2v) is 9.05. The van der Waals surface area contributed by atoms with Crippen LogP contribution in [0, 0.1) is 5.82 Å². The second kappa shape index (κ2) is 9.96. The van der Waals surface area contributed by atoms with Crippen LogP contribution < -0.4 is 20.1 Å². The number of anilines is 2. The number of nitrogens with one attached hydrogen (secondary N) is 3. The van der Waals surface area contributed by atoms with Crippen molar-refractivity contribution in [3.8, 4) is 22.8 Å². The third kappa shape index (κ3) is 4.39. The number of aromatic nitrogens is 2. The van der Waals surface area contributed by atoms with Gasteiger partial charge >= 0.3 is 0 Å². The highest BCUT2D eigenvalue weighted by molar-refractivity contribution is 6.06. The van der Waals surface area contributed by atoms with Crippen molar-refractivity contribution in [3.63, 3.8) is 0 Å². The number of methoxy groups -OCH3 is 1. The predicted octanol–water partition coefficient (Wildman–Crippen LogP) is 3.81. The van der Waals surface area contributed by atoms with Crippen molar-refractivity contribution in [2.45, 2.75) is 31.8 Å². The third-order valence-corrected chi connectivity index (χ3v) is 6.79. The summed E-state index contributed by atoms with van der Waals surface area (Å²) in [7, 11) is 1.39. The summed E-state index contributed by atoms with van der Waals surface area (Å²) in [6.45, 7) is 6.36. The maximum Gasteiger partial charge on any atom is 0.255 e. The van der Waals surface area contributed by atoms with Crippen LogP contribution >= 0.6 is 0 Å². The van der Waals surface area contributed by atoms with Crippen LogP contribution in [0.5, 0.6) is 11.5 Å². The van der Waals surface area contributed by atoms with Gasteiger partial charge in [-0.3, -0.25) is 14.6 Å². The summed E-state index contributed by atoms with van der Waals surface area (Å²) in [6, 6.07) is 6.38. The number of halogens is 1. The van der Waals surface area contributed by atoms with Gasteiger partial charge in [0.25, 0.3) is 5.91 Å². The molecule has 0 spiro atoms. The number of pyridine rings is 1. The summed E-state index contributed by atoms with van der Waals surface area (Å²) < 4.78 is 25.9. The molecule has 3 N–H and O–H groups in total. The number of fused-ring (bicyclic) bond motifs is 1. The Balaban J connectivity index is 1.52. The monoisotopic (exact) mass is 505 g/mol. The van der Waals surface area contributed by atoms with Crippen molar-refractivity contribution in [2.24, 2.45) is 0 Å². The normalized spacial score (nSPS) is 18.4. The molecule has 0 saturated carbocycles. The summed E-state index contributed by atoms with van der Waals surface area (Å²) >= 11 is 0. The minimum atomic E-state index is -0.524. The quantitative estimate of drug-likeness (QED) is 0.402. The Morgan fingerprint density at radius 1 is 1.38 bits per heavy atom. The number of benzene rings is 1. The average Bonchev–Trinajstić information content (AvgIpc) is 3.25. The molecule has 1 fully saturated rings. The van der Waals surface area contributed by atoms with E-state index in [4.69, 9.17) is 9.47 Å². The molecule has 2 aliphatic heterocycles. The van der Waals surface area contributed by atoms with E-state index in [9.17, 15) is 14.0 Å². The molecule has 2 aromatic heterocycles. The van der Waals surface area contributed by atoms with E-state index in [2.05, 4.69) is 27.2 Å². The number of H-pyrrole nitrogens is 1. The van der Waals surface area contributed by atoms with Crippen molar-refractivity contribution in [2.75, 3.05) is 25.6 Å². The van der Waals surface area contributed by atoms with Gasteiger partial charge in [-0.15, -0.1) is 0 Å². The SMILES string of the molecule is C=CC(=O)N1[C@H](COc2cnccc2-c2[nH]c3c(c2Nc2cccc(F)c2OC)C(=O)NCC3)C[C@@H]1C. The summed E-state index contributed by atoms with van der Waals surface area (Å²) in [5.74, 6) is -0.361. The molecule has 2 atom stereocenters. The molecule has 192 valence electrons. The standard InChI is InChI=1S/C27H28FN5O4/c1-4-22(34)33-15(2)12-16(33)14-37-21-13-29-10-8-17(21)24-25(23-19(31-24)9-11-30-27(23)35)32-20-7-5-6-18(28)26(20)36-3/h4-8,10,13,15-16,31-32H,1,9,11-12,14H2,2-3H3,(H,30,35)/t15-,16-/m0/s1. The summed E-state index contributed by atoms with van der Waals surface area (Å²) in [5.41, 5.74) is 3.34. The van der Waals surface area contributed by atoms with Gasteiger partial charge in [0.15, 0.2) is 11.6 Å². The number of hydrogen-bond acceptors (Lipinski definition) is 6. The molecule has 0 bridgehead atoms. The van der Waals surface area contributed by atoms with Crippen molar-refractivity contribution < 1.29 is 23.5 Å². The van der Waals surface area contributed by atoms with Gasteiger partial charge in [0.1, 0.15) is 12.4 Å². The first kappa shape index (κ1) is 24.4. The molecule has 5 rings (SSSR count). The van der Waals surface area contributed by atoms with Crippen LogP contribution in [0.3, 0.4) is 0 Å². The maximum atomic E-state index is 14.4. The van der Waals surface area contributed by atoms with E-state index in [1.165, 1.54) is 19.3 Å². The van der Waals surface area contributed by atoms with Crippen LogP contribution in [0.2, 0.25) is 0 Å². The van der Waals surface area contributed by atoms with Crippen molar-refractivity contribution in [1.29, 1.82) is 0 Å². The zero-order chi connectivity index (χ0) is 26.1. The first-order valence-electron chi connectivity index (χ1n) is 12.1. The molecule has 0 unspecified atom stereocenters. The van der Waals surface area contributed by atoms with E-state index in [1.54, 1.807) is 35.5 Å². The maximum absolute atomic E-state index is 14.4. The highest BCUT2D eigenvalue weighted by Crippen LogP contribution is 2.42. The number of likely N-dealkylation sites (tertiary alicyclic amines) is 1. The average molecular weight is 506 g/mol. The first-order valence-corrected chi connectivity index (χ1v) is 12.1. The van der Waals surface area contributed by atoms with Crippen molar-refractivity contribution in [3.05, 3.63) is 66.4 Å². The Morgan fingerprint density at radius 3 is 2.97 bits per heavy atom. The third-order valence-electron chi connectivity index (χ3n) is 6.79. The number of para-hydroxylation sites is 1. The van der Waals surface area contributed by atoms with Gasteiger partial charge in [-0.2, -0.15) is 0 Å². The summed E-state index contributed by atoms with van der Waals surface area (Å²) in [6.07, 6.45) is 5.97. The van der Waals surface area contributed by atoms with Crippen LogP contribution in [0.4, 0.5) is 15.8 Å². The number of hydrogen-bond donors (Lipinski definition) is 3. The predicted molar refractivity (Wildman–Crippen MR) is 137 cm³/mol. The molecular formula is C27H28FN5O4. The lowest BCUT2D eigenvalue weighted by molar-refractivity contribution is -0.139. The minimum Gasteiger partial charge on any atom is -0.492 e. The number of carbonyl (C=O) groups excluding carboxylic acids is 2. The number of ether oxygens (including phenoxy) is 2. The highest BCUT2D eigenvalue weighted by atomic mass is 19.1. The summed E-state index contributed by atoms with van der Waals surface area (Å²) in [4.78, 5) is 34.5. The van der Waals surface area contributed by atoms with Crippen LogP contribution in [-0.4, -0.2) is 59.0 Å². The molecule has 37 heavy (non-hydrogen) atoms. The van der Waals surface area contributed by atoms with Gasteiger partial charge in [-0.25, -0.2) is 4.39 Å². The van der Waals surface area contributed by atoms with E-state index >= 15 is 0 Å². The highest BCUT2D eigenvalue weighted by Gasteiger charge is 2.38. The number of carbonyl (C=O) groups is 2. The fourth-order valence-electron chi connectivity index (χ4n) is 5.04. The number of amides is 2. The van der Waals surface area contributed by atoms with Gasteiger partial charge in [-0.05, 0) is 37.6 Å². The van der Waals surface area contributed by atoms with E-state index in [-0.39, 0.29) is 36.3 Å². The van der Waals surface area contributed by atoms with Gasteiger partial charge < -0.3 is 30.0 Å². The van der Waals surface area contributed by atoms with Crippen molar-refractivity contribution >= 4 is 23.2 Å². The molecule has 2 aliphatic rings. The second-order valence-electron chi connectivity index (χ2n) is 9.05. The smallest absolute Gasteiger partial charge is 0.255 e. The Morgan fingerprint density at radius 2 is 2.22 bits per heavy atom. The van der Waals surface area contributed by atoms with E-state index in [0.29, 0.717) is 46.9 Å². The molecule has 0 aliphatic carbocycles. The fourth-order valence-corrected chi connectivity index (χ4v) is 5.04. The van der Waals surface area contributed by atoms with Crippen LogP contribution in [0.1, 0.15) is 29.4 Å². The Kier molecular flexibility index (Phi) is 6.56. The topological polar surface area (TPSA) is 109 Å². The molecular weight excluding hydrogens is 477 g/mol. The minimum absolute atomic E-state index is 0.0388.